The number of fused-ring (bicyclic) bond motifs is 1. The average molecular weight is 503 g/mol. The molecule has 9 nitrogen and oxygen atoms in total. The number of carbonyl (C=O) groups excluding carboxylic acids is 1. The van der Waals surface area contributed by atoms with Crippen molar-refractivity contribution in [1.29, 1.82) is 0 Å². The molecule has 0 saturated heterocycles. The van der Waals surface area contributed by atoms with Crippen LogP contribution in [-0.4, -0.2) is 37.7 Å². The quantitative estimate of drug-likeness (QED) is 0.153. The third-order valence-electron chi connectivity index (χ3n) is 3.76. The number of thioether (sulfide) groups is 1. The molecular formula is C18H15BrN8OS2. The monoisotopic (exact) mass is 502 g/mol. The second-order valence-electron chi connectivity index (χ2n) is 5.92. The molecule has 4 aromatic rings. The van der Waals surface area contributed by atoms with E-state index in [2.05, 4.69) is 47.0 Å². The standard InChI is InChI=1S/C18H15BrN8OS2/c19-12-5-3-4-11(8-12)9-21-24-16-25-26-18(27(16)20)29-10-15(28)23-17-22-13-6-1-2-7-14(13)30-17/h1-9H,10,20H2,(H,24,25)(H,22,23,28)/b21-9+. The van der Waals surface area contributed by atoms with E-state index in [4.69, 9.17) is 5.84 Å². The van der Waals surface area contributed by atoms with Crippen LogP contribution in [0.25, 0.3) is 10.2 Å². The summed E-state index contributed by atoms with van der Waals surface area (Å²) in [7, 11) is 0. The van der Waals surface area contributed by atoms with Gasteiger partial charge in [0.1, 0.15) is 0 Å². The van der Waals surface area contributed by atoms with E-state index in [1.807, 2.05) is 48.5 Å². The molecule has 0 aliphatic heterocycles. The molecule has 4 N–H and O–H groups in total. The fourth-order valence-electron chi connectivity index (χ4n) is 2.41. The maximum atomic E-state index is 12.2. The first-order chi connectivity index (χ1) is 14.6. The Bertz CT molecular complexity index is 1190. The van der Waals surface area contributed by atoms with Crippen LogP contribution in [0.3, 0.4) is 0 Å². The highest BCUT2D eigenvalue weighted by atomic mass is 79.9. The van der Waals surface area contributed by atoms with E-state index >= 15 is 0 Å². The summed E-state index contributed by atoms with van der Waals surface area (Å²) in [6.07, 6.45) is 1.64. The molecule has 0 aliphatic rings. The lowest BCUT2D eigenvalue weighted by Gasteiger charge is -2.03. The van der Waals surface area contributed by atoms with Gasteiger partial charge in [-0.2, -0.15) is 5.10 Å². The van der Waals surface area contributed by atoms with Crippen LogP contribution in [0.4, 0.5) is 11.1 Å². The zero-order chi connectivity index (χ0) is 20.9. The first-order valence-electron chi connectivity index (χ1n) is 8.62. The molecule has 0 radical (unpaired) electrons. The number of para-hydroxylation sites is 1. The van der Waals surface area contributed by atoms with Crippen molar-refractivity contribution < 1.29 is 4.79 Å². The molecule has 0 spiro atoms. The van der Waals surface area contributed by atoms with E-state index in [1.54, 1.807) is 6.21 Å². The summed E-state index contributed by atoms with van der Waals surface area (Å²) in [4.78, 5) is 16.6. The molecule has 2 aromatic heterocycles. The number of nitrogens with two attached hydrogens (primary N) is 1. The van der Waals surface area contributed by atoms with Crippen molar-refractivity contribution in [3.63, 3.8) is 0 Å². The number of nitrogen functional groups attached to an aromatic ring is 1. The number of carbonyl (C=O) groups is 1. The van der Waals surface area contributed by atoms with Crippen LogP contribution >= 0.6 is 39.0 Å². The topological polar surface area (TPSA) is 123 Å². The number of rotatable bonds is 7. The number of amides is 1. The number of hydrogen-bond donors (Lipinski definition) is 3. The normalized spacial score (nSPS) is 11.2. The average Bonchev–Trinajstić information content (AvgIpc) is 3.29. The molecule has 0 fully saturated rings. The predicted octanol–water partition coefficient (Wildman–Crippen LogP) is 3.54. The van der Waals surface area contributed by atoms with Crippen molar-refractivity contribution >= 4 is 72.4 Å². The summed E-state index contributed by atoms with van der Waals surface area (Å²) in [6.45, 7) is 0. The number of thiazole rings is 1. The van der Waals surface area contributed by atoms with Gasteiger partial charge in [0.15, 0.2) is 5.13 Å². The number of anilines is 2. The number of aromatic nitrogens is 4. The third-order valence-corrected chi connectivity index (χ3v) is 6.15. The van der Waals surface area contributed by atoms with Crippen molar-refractivity contribution in [2.75, 3.05) is 22.3 Å². The fraction of sp³-hybridized carbons (Fsp3) is 0.0556. The Hall–Kier alpha value is -2.96. The minimum atomic E-state index is -0.204. The van der Waals surface area contributed by atoms with Gasteiger partial charge in [-0.15, -0.1) is 10.2 Å². The van der Waals surface area contributed by atoms with Crippen LogP contribution in [-0.2, 0) is 4.79 Å². The van der Waals surface area contributed by atoms with Gasteiger partial charge in [-0.1, -0.05) is 63.3 Å². The molecule has 12 heteroatoms. The molecule has 0 saturated carbocycles. The molecule has 0 aliphatic carbocycles. The highest BCUT2D eigenvalue weighted by Crippen LogP contribution is 2.25. The van der Waals surface area contributed by atoms with Crippen LogP contribution in [0.5, 0.6) is 0 Å². The molecule has 152 valence electrons. The van der Waals surface area contributed by atoms with E-state index in [-0.39, 0.29) is 17.6 Å². The van der Waals surface area contributed by atoms with Gasteiger partial charge in [-0.05, 0) is 29.8 Å². The molecular weight excluding hydrogens is 488 g/mol. The van der Waals surface area contributed by atoms with Gasteiger partial charge in [-0.3, -0.25) is 4.79 Å². The van der Waals surface area contributed by atoms with E-state index in [1.165, 1.54) is 27.8 Å². The van der Waals surface area contributed by atoms with E-state index in [0.717, 1.165) is 20.3 Å². The van der Waals surface area contributed by atoms with Crippen molar-refractivity contribution in [2.24, 2.45) is 5.10 Å². The lowest BCUT2D eigenvalue weighted by atomic mass is 10.2. The second kappa shape index (κ2) is 9.24. The van der Waals surface area contributed by atoms with E-state index < -0.39 is 0 Å². The SMILES string of the molecule is Nn1c(N/N=C/c2cccc(Br)c2)nnc1SCC(=O)Nc1nc2ccccc2s1. The Morgan fingerprint density at radius 1 is 1.27 bits per heavy atom. The zero-order valence-electron chi connectivity index (χ0n) is 15.3. The smallest absolute Gasteiger partial charge is 0.264 e. The van der Waals surface area contributed by atoms with Gasteiger partial charge >= 0.3 is 0 Å². The van der Waals surface area contributed by atoms with Crippen molar-refractivity contribution in [3.8, 4) is 0 Å². The van der Waals surface area contributed by atoms with Gasteiger partial charge in [0, 0.05) is 4.47 Å². The zero-order valence-corrected chi connectivity index (χ0v) is 18.5. The summed E-state index contributed by atoms with van der Waals surface area (Å²) in [5.74, 6) is 6.15. The third kappa shape index (κ3) is 4.96. The summed E-state index contributed by atoms with van der Waals surface area (Å²) in [5, 5.41) is 15.8. The van der Waals surface area contributed by atoms with Gasteiger partial charge in [0.25, 0.3) is 5.95 Å². The van der Waals surface area contributed by atoms with Crippen molar-refractivity contribution in [1.82, 2.24) is 19.9 Å². The number of nitrogens with zero attached hydrogens (tertiary/aromatic N) is 5. The minimum absolute atomic E-state index is 0.118. The second-order valence-corrected chi connectivity index (χ2v) is 8.81. The van der Waals surface area contributed by atoms with Gasteiger partial charge in [0.2, 0.25) is 11.1 Å². The Labute approximate surface area is 187 Å². The summed E-state index contributed by atoms with van der Waals surface area (Å²) >= 11 is 5.99. The number of halogens is 1. The first kappa shape index (κ1) is 20.3. The summed E-state index contributed by atoms with van der Waals surface area (Å²) < 4.78 is 3.21. The fourth-order valence-corrected chi connectivity index (χ4v) is 4.37. The molecule has 1 amide bonds. The first-order valence-corrected chi connectivity index (χ1v) is 11.2. The lowest BCUT2D eigenvalue weighted by Crippen LogP contribution is -2.16. The molecule has 2 heterocycles. The van der Waals surface area contributed by atoms with Crippen LogP contribution in [0, 0.1) is 0 Å². The molecule has 30 heavy (non-hydrogen) atoms. The van der Waals surface area contributed by atoms with Crippen molar-refractivity contribution in [2.45, 2.75) is 5.16 Å². The van der Waals surface area contributed by atoms with Crippen LogP contribution in [0.1, 0.15) is 5.56 Å². The number of nitrogens with one attached hydrogen (secondary N) is 2. The summed E-state index contributed by atoms with van der Waals surface area (Å²) in [6, 6.07) is 15.4. The van der Waals surface area contributed by atoms with Crippen LogP contribution in [0.2, 0.25) is 0 Å². The van der Waals surface area contributed by atoms with Crippen molar-refractivity contribution in [3.05, 3.63) is 58.6 Å². The maximum Gasteiger partial charge on any atom is 0.264 e. The highest BCUT2D eigenvalue weighted by Gasteiger charge is 2.13. The molecule has 2 aromatic carbocycles. The number of benzene rings is 2. The van der Waals surface area contributed by atoms with Gasteiger partial charge in [0.05, 0.1) is 22.2 Å². The Morgan fingerprint density at radius 2 is 2.13 bits per heavy atom. The molecule has 0 atom stereocenters. The molecule has 0 bridgehead atoms. The predicted molar refractivity (Wildman–Crippen MR) is 125 cm³/mol. The minimum Gasteiger partial charge on any atom is -0.334 e. The summed E-state index contributed by atoms with van der Waals surface area (Å²) in [5.41, 5.74) is 4.50. The molecule has 0 unspecified atom stereocenters. The lowest BCUT2D eigenvalue weighted by molar-refractivity contribution is -0.113. The van der Waals surface area contributed by atoms with E-state index in [0.29, 0.717) is 10.3 Å². The van der Waals surface area contributed by atoms with Crippen LogP contribution in [0.15, 0.2) is 63.3 Å². The van der Waals surface area contributed by atoms with Gasteiger partial charge in [-0.25, -0.2) is 15.1 Å². The highest BCUT2D eigenvalue weighted by molar-refractivity contribution is 9.10. The Kier molecular flexibility index (Phi) is 6.26. The largest absolute Gasteiger partial charge is 0.334 e. The van der Waals surface area contributed by atoms with Crippen LogP contribution < -0.4 is 16.6 Å². The van der Waals surface area contributed by atoms with Gasteiger partial charge < -0.3 is 11.2 Å². The Morgan fingerprint density at radius 3 is 2.97 bits per heavy atom. The molecule has 4 rings (SSSR count). The van der Waals surface area contributed by atoms with E-state index in [9.17, 15) is 4.79 Å². The Balaban J connectivity index is 1.31. The number of hydrazone groups is 1. The maximum absolute atomic E-state index is 12.2. The number of hydrogen-bond acceptors (Lipinski definition) is 9.